The average Bonchev–Trinajstić information content (AvgIpc) is 2.30. The van der Waals surface area contributed by atoms with Crippen molar-refractivity contribution in [3.8, 4) is 0 Å². The highest BCUT2D eigenvalue weighted by Gasteiger charge is 2.18. The van der Waals surface area contributed by atoms with E-state index >= 15 is 0 Å². The van der Waals surface area contributed by atoms with Gasteiger partial charge in [0.25, 0.3) is 5.95 Å². The predicted molar refractivity (Wildman–Crippen MR) is 76.2 cm³/mol. The Kier molecular flexibility index (Phi) is 10.2. The summed E-state index contributed by atoms with van der Waals surface area (Å²) in [6.07, 6.45) is 9.28. The van der Waals surface area contributed by atoms with Crippen molar-refractivity contribution in [2.45, 2.75) is 79.0 Å². The molecule has 0 heterocycles. The molecule has 3 heteroatoms. The van der Waals surface area contributed by atoms with Crippen LogP contribution in [0.5, 0.6) is 0 Å². The smallest absolute Gasteiger partial charge is 0.361 e. The van der Waals surface area contributed by atoms with Crippen molar-refractivity contribution in [2.75, 3.05) is 0 Å². The molecule has 0 aromatic carbocycles. The molecule has 0 aliphatic rings. The summed E-state index contributed by atoms with van der Waals surface area (Å²) >= 11 is 0. The number of hydrogen-bond acceptors (Lipinski definition) is 2. The third-order valence-electron chi connectivity index (χ3n) is 2.63. The van der Waals surface area contributed by atoms with Crippen LogP contribution in [0.1, 0.15) is 60.3 Å². The van der Waals surface area contributed by atoms with Gasteiger partial charge in [0.2, 0.25) is 0 Å². The van der Waals surface area contributed by atoms with Crippen LogP contribution in [0.2, 0.25) is 12.6 Å². The van der Waals surface area contributed by atoms with Crippen molar-refractivity contribution in [3.63, 3.8) is 0 Å². The van der Waals surface area contributed by atoms with Crippen molar-refractivity contribution in [1.29, 1.82) is 0 Å². The van der Waals surface area contributed by atoms with Crippen molar-refractivity contribution in [2.24, 2.45) is 0 Å². The van der Waals surface area contributed by atoms with Crippen LogP contribution in [-0.2, 0) is 9.39 Å². The summed E-state index contributed by atoms with van der Waals surface area (Å²) in [5.41, 5.74) is 0. The normalized spacial score (nSPS) is 11.8. The van der Waals surface area contributed by atoms with Crippen molar-refractivity contribution >= 4 is 6.92 Å². The molecule has 0 atom stereocenters. The Balaban J connectivity index is 4.17. The summed E-state index contributed by atoms with van der Waals surface area (Å²) in [6.45, 7) is 10.8. The van der Waals surface area contributed by atoms with Gasteiger partial charge in [-0.1, -0.05) is 39.5 Å². The van der Waals surface area contributed by atoms with E-state index in [9.17, 15) is 0 Å². The monoisotopic (exact) mass is 240 g/mol. The largest absolute Gasteiger partial charge is 0.536 e. The van der Waals surface area contributed by atoms with Crippen LogP contribution in [0, 0.1) is 0 Å². The molecule has 0 amide bonds. The summed E-state index contributed by atoms with van der Waals surface area (Å²) in [4.78, 5) is 0. The van der Waals surface area contributed by atoms with E-state index in [4.69, 9.17) is 9.39 Å². The zero-order valence-electron chi connectivity index (χ0n) is 12.3. The summed E-state index contributed by atoms with van der Waals surface area (Å²) < 4.78 is 11.6. The maximum Gasteiger partial charge on any atom is 0.361 e. The van der Waals surface area contributed by atoms with Gasteiger partial charge in [-0.3, -0.25) is 0 Å². The number of ether oxygens (including phenoxy) is 1. The summed E-state index contributed by atoms with van der Waals surface area (Å²) in [5, 5.41) is 0. The maximum absolute atomic E-state index is 5.95. The fraction of sp³-hybridized carbons (Fsp3) is 0.857. The Labute approximate surface area is 108 Å². The van der Waals surface area contributed by atoms with Gasteiger partial charge in [-0.2, -0.15) is 0 Å². The molecule has 17 heavy (non-hydrogen) atoms. The Bertz CT molecular complexity index is 194. The summed E-state index contributed by atoms with van der Waals surface area (Å²) in [7, 11) is 0. The lowest BCUT2D eigenvalue weighted by Crippen LogP contribution is -2.19. The van der Waals surface area contributed by atoms with E-state index in [-0.39, 0.29) is 6.10 Å². The fourth-order valence-electron chi connectivity index (χ4n) is 1.69. The first-order valence-electron chi connectivity index (χ1n) is 7.13. The quantitative estimate of drug-likeness (QED) is 0.400. The molecular formula is C14H29BO2. The minimum Gasteiger partial charge on any atom is -0.536 e. The topological polar surface area (TPSA) is 18.5 Å². The van der Waals surface area contributed by atoms with Gasteiger partial charge in [-0.05, 0) is 39.5 Å². The lowest BCUT2D eigenvalue weighted by Gasteiger charge is -2.20. The van der Waals surface area contributed by atoms with Crippen molar-refractivity contribution in [1.82, 2.24) is 0 Å². The SMILES string of the molecule is C/C=C(\OB(CCCC)CCCC)OC(C)C. The van der Waals surface area contributed by atoms with E-state index in [1.54, 1.807) is 0 Å². The Morgan fingerprint density at radius 2 is 1.65 bits per heavy atom. The van der Waals surface area contributed by atoms with Gasteiger partial charge in [0.15, 0.2) is 0 Å². The molecule has 100 valence electrons. The first-order chi connectivity index (χ1) is 8.13. The molecule has 0 fully saturated rings. The molecule has 0 aliphatic heterocycles. The van der Waals surface area contributed by atoms with Gasteiger partial charge in [-0.25, -0.2) is 0 Å². The van der Waals surface area contributed by atoms with E-state index in [0.29, 0.717) is 12.9 Å². The Morgan fingerprint density at radius 1 is 1.12 bits per heavy atom. The van der Waals surface area contributed by atoms with E-state index < -0.39 is 0 Å². The fourth-order valence-corrected chi connectivity index (χ4v) is 1.69. The van der Waals surface area contributed by atoms with E-state index in [1.165, 1.54) is 25.7 Å². The first-order valence-corrected chi connectivity index (χ1v) is 7.13. The van der Waals surface area contributed by atoms with Crippen molar-refractivity contribution < 1.29 is 9.39 Å². The highest BCUT2D eigenvalue weighted by molar-refractivity contribution is 6.52. The van der Waals surface area contributed by atoms with Crippen molar-refractivity contribution in [3.05, 3.63) is 12.0 Å². The van der Waals surface area contributed by atoms with Crippen LogP contribution in [0.25, 0.3) is 0 Å². The molecule has 0 aromatic rings. The molecular weight excluding hydrogens is 211 g/mol. The molecule has 0 unspecified atom stereocenters. The predicted octanol–water partition coefficient (Wildman–Crippen LogP) is 4.88. The first kappa shape index (κ1) is 16.4. The lowest BCUT2D eigenvalue weighted by molar-refractivity contribution is 0.0612. The maximum atomic E-state index is 5.95. The molecule has 0 saturated carbocycles. The second-order valence-electron chi connectivity index (χ2n) is 4.80. The van der Waals surface area contributed by atoms with E-state index in [2.05, 4.69) is 13.8 Å². The lowest BCUT2D eigenvalue weighted by atomic mass is 9.59. The Morgan fingerprint density at radius 3 is 2.00 bits per heavy atom. The summed E-state index contributed by atoms with van der Waals surface area (Å²) in [6, 6.07) is 0. The van der Waals surface area contributed by atoms with Gasteiger partial charge >= 0.3 is 6.92 Å². The van der Waals surface area contributed by atoms with Crippen LogP contribution < -0.4 is 0 Å². The van der Waals surface area contributed by atoms with Gasteiger partial charge in [0.1, 0.15) is 0 Å². The van der Waals surface area contributed by atoms with Gasteiger partial charge in [-0.15, -0.1) is 0 Å². The third-order valence-corrected chi connectivity index (χ3v) is 2.63. The zero-order chi connectivity index (χ0) is 13.1. The van der Waals surface area contributed by atoms with E-state index in [0.717, 1.165) is 12.6 Å². The molecule has 0 bridgehead atoms. The van der Waals surface area contributed by atoms with Gasteiger partial charge in [0, 0.05) is 0 Å². The average molecular weight is 240 g/mol. The molecule has 0 spiro atoms. The second-order valence-corrected chi connectivity index (χ2v) is 4.80. The second kappa shape index (κ2) is 10.6. The van der Waals surface area contributed by atoms with Crippen LogP contribution in [0.15, 0.2) is 12.0 Å². The minimum atomic E-state index is 0.180. The molecule has 0 saturated heterocycles. The van der Waals surface area contributed by atoms with Crippen LogP contribution in [0.3, 0.4) is 0 Å². The standard InChI is InChI=1S/C14H29BO2/c1-6-9-11-15(12-10-7-2)17-14(8-3)16-13(4)5/h8,13H,6-7,9-12H2,1-5H3/b14-8-. The van der Waals surface area contributed by atoms with Gasteiger partial charge in [0.05, 0.1) is 6.10 Å². The van der Waals surface area contributed by atoms with E-state index in [1.807, 2.05) is 26.8 Å². The molecule has 0 aliphatic carbocycles. The zero-order valence-corrected chi connectivity index (χ0v) is 12.3. The molecule has 0 aromatic heterocycles. The highest BCUT2D eigenvalue weighted by atomic mass is 16.7. The van der Waals surface area contributed by atoms with Crippen LogP contribution in [-0.4, -0.2) is 13.0 Å². The molecule has 0 rings (SSSR count). The third kappa shape index (κ3) is 9.14. The number of hydrogen-bond donors (Lipinski definition) is 0. The Hall–Kier alpha value is -0.595. The minimum absolute atomic E-state index is 0.180. The number of rotatable bonds is 10. The van der Waals surface area contributed by atoms with Crippen LogP contribution >= 0.6 is 0 Å². The molecule has 2 nitrogen and oxygen atoms in total. The number of allylic oxidation sites excluding steroid dienone is 1. The molecule has 0 N–H and O–H groups in total. The number of unbranched alkanes of at least 4 members (excludes halogenated alkanes) is 2. The summed E-state index contributed by atoms with van der Waals surface area (Å²) in [5.74, 6) is 0.692. The van der Waals surface area contributed by atoms with Crippen LogP contribution in [0.4, 0.5) is 0 Å². The molecule has 0 radical (unpaired) electrons. The highest BCUT2D eigenvalue weighted by Crippen LogP contribution is 2.16. The van der Waals surface area contributed by atoms with Gasteiger partial charge < -0.3 is 9.39 Å².